The number of carbonyl (C=O) groups excluding carboxylic acids is 1. The van der Waals surface area contributed by atoms with Crippen molar-refractivity contribution in [2.75, 3.05) is 13.7 Å². The number of rotatable bonds is 6. The highest BCUT2D eigenvalue weighted by Crippen LogP contribution is 2.22. The molecule has 24 heavy (non-hydrogen) atoms. The maximum absolute atomic E-state index is 12.4. The number of halogens is 1. The summed E-state index contributed by atoms with van der Waals surface area (Å²) in [5.74, 6) is 0.295. The third kappa shape index (κ3) is 4.35. The maximum Gasteiger partial charge on any atom is 0.244 e. The molecule has 5 nitrogen and oxygen atoms in total. The Hall–Kier alpha value is -1.89. The van der Waals surface area contributed by atoms with Gasteiger partial charge in [-0.25, -0.2) is 0 Å². The van der Waals surface area contributed by atoms with E-state index in [0.29, 0.717) is 16.9 Å². The summed E-state index contributed by atoms with van der Waals surface area (Å²) in [6, 6.07) is 14.3. The molecule has 2 rings (SSSR count). The molecule has 0 saturated carbocycles. The van der Waals surface area contributed by atoms with Gasteiger partial charge in [0.2, 0.25) is 5.91 Å². The van der Waals surface area contributed by atoms with Crippen LogP contribution >= 0.6 is 15.9 Å². The summed E-state index contributed by atoms with van der Waals surface area (Å²) in [6.45, 7) is 1.71. The standard InChI is InChI=1S/C18H21BrN2O3/c1-18(20,13-6-8-14(19)9-7-13)17(23)21-11-16(22)12-4-3-5-15(10-12)24-2/h3-10,16,22H,11,20H2,1-2H3,(H,21,23). The van der Waals surface area contributed by atoms with E-state index in [9.17, 15) is 9.90 Å². The molecule has 0 aliphatic rings. The summed E-state index contributed by atoms with van der Waals surface area (Å²) in [6.07, 6.45) is -0.843. The lowest BCUT2D eigenvalue weighted by molar-refractivity contribution is -0.126. The third-order valence-corrected chi connectivity index (χ3v) is 4.38. The Balaban J connectivity index is 2.02. The second-order valence-electron chi connectivity index (χ2n) is 5.71. The molecule has 2 unspecified atom stereocenters. The fourth-order valence-electron chi connectivity index (χ4n) is 2.27. The van der Waals surface area contributed by atoms with E-state index < -0.39 is 11.6 Å². The summed E-state index contributed by atoms with van der Waals surface area (Å²) >= 11 is 3.35. The van der Waals surface area contributed by atoms with Gasteiger partial charge in [-0.2, -0.15) is 0 Å². The predicted octanol–water partition coefficient (Wildman–Crippen LogP) is 2.48. The van der Waals surface area contributed by atoms with Crippen molar-refractivity contribution >= 4 is 21.8 Å². The van der Waals surface area contributed by atoms with E-state index in [1.54, 1.807) is 50.4 Å². The van der Waals surface area contributed by atoms with E-state index in [0.717, 1.165) is 4.47 Å². The highest BCUT2D eigenvalue weighted by Gasteiger charge is 2.30. The summed E-state index contributed by atoms with van der Waals surface area (Å²) in [4.78, 5) is 12.4. The van der Waals surface area contributed by atoms with Gasteiger partial charge >= 0.3 is 0 Å². The molecule has 0 fully saturated rings. The van der Waals surface area contributed by atoms with Crippen molar-refractivity contribution in [2.24, 2.45) is 5.73 Å². The topological polar surface area (TPSA) is 84.6 Å². The highest BCUT2D eigenvalue weighted by molar-refractivity contribution is 9.10. The van der Waals surface area contributed by atoms with Crippen LogP contribution in [0.1, 0.15) is 24.2 Å². The molecule has 0 aromatic heterocycles. The average Bonchev–Trinajstić information content (AvgIpc) is 2.59. The van der Waals surface area contributed by atoms with Crippen molar-refractivity contribution in [1.82, 2.24) is 5.32 Å². The molecule has 128 valence electrons. The molecule has 0 aliphatic heterocycles. The average molecular weight is 393 g/mol. The zero-order chi connectivity index (χ0) is 17.7. The monoisotopic (exact) mass is 392 g/mol. The van der Waals surface area contributed by atoms with Crippen LogP contribution in [0.15, 0.2) is 53.0 Å². The summed E-state index contributed by atoms with van der Waals surface area (Å²) in [5, 5.41) is 13.0. The van der Waals surface area contributed by atoms with Gasteiger partial charge in [0.05, 0.1) is 13.2 Å². The molecule has 4 N–H and O–H groups in total. The van der Waals surface area contributed by atoms with E-state index in [1.807, 2.05) is 12.1 Å². The first-order valence-electron chi connectivity index (χ1n) is 7.50. The van der Waals surface area contributed by atoms with E-state index in [4.69, 9.17) is 10.5 Å². The van der Waals surface area contributed by atoms with Gasteiger partial charge in [-0.05, 0) is 42.3 Å². The number of benzene rings is 2. The third-order valence-electron chi connectivity index (χ3n) is 3.85. The molecule has 2 aromatic rings. The molecule has 2 aromatic carbocycles. The Labute approximate surface area is 150 Å². The molecule has 0 radical (unpaired) electrons. The normalized spacial score (nSPS) is 14.5. The Kier molecular flexibility index (Phi) is 5.99. The number of hydrogen-bond donors (Lipinski definition) is 3. The van der Waals surface area contributed by atoms with Crippen LogP contribution in [0.3, 0.4) is 0 Å². The second-order valence-corrected chi connectivity index (χ2v) is 6.63. The van der Waals surface area contributed by atoms with Gasteiger partial charge < -0.3 is 20.9 Å². The number of methoxy groups -OCH3 is 1. The van der Waals surface area contributed by atoms with Gasteiger partial charge in [0.15, 0.2) is 0 Å². The molecule has 0 aliphatic carbocycles. The van der Waals surface area contributed by atoms with Crippen LogP contribution in [0.2, 0.25) is 0 Å². The van der Waals surface area contributed by atoms with Crippen LogP contribution < -0.4 is 15.8 Å². The summed E-state index contributed by atoms with van der Waals surface area (Å²) < 4.78 is 6.04. The molecule has 0 spiro atoms. The van der Waals surface area contributed by atoms with Gasteiger partial charge in [0.25, 0.3) is 0 Å². The molecule has 1 amide bonds. The molecular formula is C18H21BrN2O3. The highest BCUT2D eigenvalue weighted by atomic mass is 79.9. The van der Waals surface area contributed by atoms with Crippen molar-refractivity contribution in [1.29, 1.82) is 0 Å². The van der Waals surface area contributed by atoms with Gasteiger partial charge in [0, 0.05) is 11.0 Å². The molecule has 0 heterocycles. The fraction of sp³-hybridized carbons (Fsp3) is 0.278. The Bertz CT molecular complexity index is 702. The van der Waals surface area contributed by atoms with E-state index in [-0.39, 0.29) is 12.5 Å². The van der Waals surface area contributed by atoms with Crippen LogP contribution in [0.4, 0.5) is 0 Å². The lowest BCUT2D eigenvalue weighted by Gasteiger charge is -2.25. The van der Waals surface area contributed by atoms with Crippen LogP contribution in [0.5, 0.6) is 5.75 Å². The Morgan fingerprint density at radius 3 is 2.62 bits per heavy atom. The van der Waals surface area contributed by atoms with Crippen molar-refractivity contribution in [3.05, 3.63) is 64.1 Å². The molecule has 0 bridgehead atoms. The van der Waals surface area contributed by atoms with Crippen LogP contribution in [-0.2, 0) is 10.3 Å². The van der Waals surface area contributed by atoms with Gasteiger partial charge in [-0.1, -0.05) is 40.2 Å². The van der Waals surface area contributed by atoms with Crippen molar-refractivity contribution in [3.63, 3.8) is 0 Å². The summed E-state index contributed by atoms with van der Waals surface area (Å²) in [5.41, 5.74) is 6.34. The first kappa shape index (κ1) is 18.4. The zero-order valence-electron chi connectivity index (χ0n) is 13.6. The molecular weight excluding hydrogens is 372 g/mol. The smallest absolute Gasteiger partial charge is 0.244 e. The van der Waals surface area contributed by atoms with E-state index in [2.05, 4.69) is 21.2 Å². The van der Waals surface area contributed by atoms with Crippen LogP contribution in [-0.4, -0.2) is 24.7 Å². The van der Waals surface area contributed by atoms with Gasteiger partial charge in [-0.3, -0.25) is 4.79 Å². The quantitative estimate of drug-likeness (QED) is 0.704. The van der Waals surface area contributed by atoms with Crippen molar-refractivity contribution in [2.45, 2.75) is 18.6 Å². The number of nitrogens with two attached hydrogens (primary N) is 1. The number of ether oxygens (including phenoxy) is 1. The van der Waals surface area contributed by atoms with Gasteiger partial charge in [0.1, 0.15) is 11.3 Å². The van der Waals surface area contributed by atoms with E-state index >= 15 is 0 Å². The SMILES string of the molecule is COc1cccc(C(O)CNC(=O)C(C)(N)c2ccc(Br)cc2)c1. The summed E-state index contributed by atoms with van der Waals surface area (Å²) in [7, 11) is 1.56. The number of aliphatic hydroxyl groups excluding tert-OH is 1. The van der Waals surface area contributed by atoms with E-state index in [1.165, 1.54) is 0 Å². The lowest BCUT2D eigenvalue weighted by atomic mass is 9.92. The molecule has 0 saturated heterocycles. The largest absolute Gasteiger partial charge is 0.497 e. The lowest BCUT2D eigenvalue weighted by Crippen LogP contribution is -2.49. The Morgan fingerprint density at radius 1 is 1.33 bits per heavy atom. The predicted molar refractivity (Wildman–Crippen MR) is 96.6 cm³/mol. The van der Waals surface area contributed by atoms with Crippen molar-refractivity contribution < 1.29 is 14.6 Å². The second kappa shape index (κ2) is 7.79. The minimum Gasteiger partial charge on any atom is -0.497 e. The number of hydrogen-bond acceptors (Lipinski definition) is 4. The number of amides is 1. The number of aliphatic hydroxyl groups is 1. The van der Waals surface area contributed by atoms with Gasteiger partial charge in [-0.15, -0.1) is 0 Å². The number of nitrogens with one attached hydrogen (secondary N) is 1. The van der Waals surface area contributed by atoms with Crippen LogP contribution in [0.25, 0.3) is 0 Å². The number of carbonyl (C=O) groups is 1. The van der Waals surface area contributed by atoms with Crippen LogP contribution in [0, 0.1) is 0 Å². The minimum absolute atomic E-state index is 0.0648. The fourth-order valence-corrected chi connectivity index (χ4v) is 2.53. The van der Waals surface area contributed by atoms with Crippen molar-refractivity contribution in [3.8, 4) is 5.75 Å². The maximum atomic E-state index is 12.4. The first-order chi connectivity index (χ1) is 11.3. The first-order valence-corrected chi connectivity index (χ1v) is 8.29. The minimum atomic E-state index is -1.19. The molecule has 6 heteroatoms. The Morgan fingerprint density at radius 2 is 2.00 bits per heavy atom. The molecule has 2 atom stereocenters. The zero-order valence-corrected chi connectivity index (χ0v) is 15.2.